The van der Waals surface area contributed by atoms with Crippen molar-refractivity contribution in [3.8, 4) is 0 Å². The first-order valence-corrected chi connectivity index (χ1v) is 4.64. The molecule has 0 saturated carbocycles. The molecule has 72 valence electrons. The van der Waals surface area contributed by atoms with Gasteiger partial charge in [0, 0.05) is 13.6 Å². The number of hydrogen-bond acceptors (Lipinski definition) is 2. The van der Waals surface area contributed by atoms with Crippen molar-refractivity contribution in [2.45, 2.75) is 13.8 Å². The molecule has 0 bridgehead atoms. The minimum atomic E-state index is -0.0683. The standard InChI is InChI=1S/C9H14N2OS/c1-6(2)5-11-8(12)7(3)10(4)9(11)13/h6H,3,5H2,1-2,4H3. The summed E-state index contributed by atoms with van der Waals surface area (Å²) < 4.78 is 0. The molecule has 0 radical (unpaired) electrons. The molecule has 0 atom stereocenters. The third-order valence-electron chi connectivity index (χ3n) is 1.96. The number of hydrogen-bond donors (Lipinski definition) is 0. The van der Waals surface area contributed by atoms with Crippen LogP contribution in [-0.4, -0.2) is 34.4 Å². The maximum atomic E-state index is 11.6. The molecule has 1 aliphatic rings. The Kier molecular flexibility index (Phi) is 2.71. The van der Waals surface area contributed by atoms with Gasteiger partial charge >= 0.3 is 0 Å². The molecule has 0 unspecified atom stereocenters. The lowest BCUT2D eigenvalue weighted by Gasteiger charge is -2.18. The number of carbonyl (C=O) groups is 1. The van der Waals surface area contributed by atoms with Crippen LogP contribution in [0.5, 0.6) is 0 Å². The molecule has 0 aromatic rings. The van der Waals surface area contributed by atoms with Gasteiger partial charge in [0.1, 0.15) is 5.70 Å². The van der Waals surface area contributed by atoms with Crippen molar-refractivity contribution < 1.29 is 4.79 Å². The van der Waals surface area contributed by atoms with Crippen molar-refractivity contribution >= 4 is 23.2 Å². The zero-order valence-corrected chi connectivity index (χ0v) is 9.02. The van der Waals surface area contributed by atoms with E-state index in [1.54, 1.807) is 16.8 Å². The molecule has 0 spiro atoms. The van der Waals surface area contributed by atoms with Gasteiger partial charge in [-0.3, -0.25) is 9.69 Å². The third-order valence-corrected chi connectivity index (χ3v) is 2.46. The fourth-order valence-corrected chi connectivity index (χ4v) is 1.48. The average Bonchev–Trinajstić information content (AvgIpc) is 2.22. The Bertz CT molecular complexity index is 273. The molecule has 0 aliphatic carbocycles. The van der Waals surface area contributed by atoms with E-state index < -0.39 is 0 Å². The van der Waals surface area contributed by atoms with E-state index >= 15 is 0 Å². The molecule has 0 N–H and O–H groups in total. The lowest BCUT2D eigenvalue weighted by molar-refractivity contribution is -0.122. The van der Waals surface area contributed by atoms with Crippen LogP contribution in [0, 0.1) is 5.92 Å². The van der Waals surface area contributed by atoms with Gasteiger partial charge < -0.3 is 4.90 Å². The molecule has 4 heteroatoms. The van der Waals surface area contributed by atoms with Crippen LogP contribution >= 0.6 is 12.2 Å². The van der Waals surface area contributed by atoms with Crippen molar-refractivity contribution in [3.63, 3.8) is 0 Å². The van der Waals surface area contributed by atoms with Crippen LogP contribution in [0.3, 0.4) is 0 Å². The Morgan fingerprint density at radius 1 is 1.54 bits per heavy atom. The monoisotopic (exact) mass is 198 g/mol. The highest BCUT2D eigenvalue weighted by Crippen LogP contribution is 2.18. The lowest BCUT2D eigenvalue weighted by atomic mass is 10.2. The number of nitrogens with zero attached hydrogens (tertiary/aromatic N) is 2. The second-order valence-electron chi connectivity index (χ2n) is 3.60. The van der Waals surface area contributed by atoms with Crippen LogP contribution in [0.15, 0.2) is 12.3 Å². The largest absolute Gasteiger partial charge is 0.317 e. The number of amides is 1. The predicted octanol–water partition coefficient (Wildman–Crippen LogP) is 1.22. The van der Waals surface area contributed by atoms with E-state index in [9.17, 15) is 4.79 Å². The molecule has 1 amide bonds. The zero-order valence-electron chi connectivity index (χ0n) is 8.20. The highest BCUT2D eigenvalue weighted by molar-refractivity contribution is 7.80. The first kappa shape index (κ1) is 10.2. The Hall–Kier alpha value is -0.900. The Balaban J connectivity index is 2.82. The van der Waals surface area contributed by atoms with Crippen molar-refractivity contribution in [3.05, 3.63) is 12.3 Å². The van der Waals surface area contributed by atoms with Crippen molar-refractivity contribution in [2.75, 3.05) is 13.6 Å². The van der Waals surface area contributed by atoms with Crippen LogP contribution in [0.1, 0.15) is 13.8 Å². The molecular weight excluding hydrogens is 184 g/mol. The summed E-state index contributed by atoms with van der Waals surface area (Å²) >= 11 is 5.11. The summed E-state index contributed by atoms with van der Waals surface area (Å²) in [5.74, 6) is 0.349. The highest BCUT2D eigenvalue weighted by atomic mass is 32.1. The molecule has 3 nitrogen and oxygen atoms in total. The predicted molar refractivity (Wildman–Crippen MR) is 56.1 cm³/mol. The molecule has 0 aromatic heterocycles. The summed E-state index contributed by atoms with van der Waals surface area (Å²) in [5.41, 5.74) is 0.464. The number of thiocarbonyl (C=S) groups is 1. The maximum absolute atomic E-state index is 11.6. The van der Waals surface area contributed by atoms with Crippen LogP contribution in [0.2, 0.25) is 0 Å². The van der Waals surface area contributed by atoms with Crippen LogP contribution < -0.4 is 0 Å². The van der Waals surface area contributed by atoms with Crippen molar-refractivity contribution in [2.24, 2.45) is 5.92 Å². The SMILES string of the molecule is C=C1C(=O)N(CC(C)C)C(=S)N1C. The van der Waals surface area contributed by atoms with E-state index in [2.05, 4.69) is 20.4 Å². The van der Waals surface area contributed by atoms with Gasteiger partial charge in [0.2, 0.25) is 0 Å². The summed E-state index contributed by atoms with van der Waals surface area (Å²) in [6, 6.07) is 0. The minimum Gasteiger partial charge on any atom is -0.317 e. The third kappa shape index (κ3) is 1.72. The van der Waals surface area contributed by atoms with Crippen molar-refractivity contribution in [1.29, 1.82) is 0 Å². The van der Waals surface area contributed by atoms with E-state index in [1.807, 2.05) is 0 Å². The van der Waals surface area contributed by atoms with Gasteiger partial charge in [-0.2, -0.15) is 0 Å². The lowest BCUT2D eigenvalue weighted by Crippen LogP contribution is -2.34. The van der Waals surface area contributed by atoms with Crippen LogP contribution in [0.25, 0.3) is 0 Å². The quantitative estimate of drug-likeness (QED) is 0.492. The van der Waals surface area contributed by atoms with Gasteiger partial charge in [0.15, 0.2) is 5.11 Å². The van der Waals surface area contributed by atoms with Crippen LogP contribution in [0.4, 0.5) is 0 Å². The number of rotatable bonds is 2. The van der Waals surface area contributed by atoms with Gasteiger partial charge in [0.25, 0.3) is 5.91 Å². The maximum Gasteiger partial charge on any atom is 0.276 e. The fraction of sp³-hybridized carbons (Fsp3) is 0.556. The summed E-state index contributed by atoms with van der Waals surface area (Å²) in [7, 11) is 1.77. The summed E-state index contributed by atoms with van der Waals surface area (Å²) in [4.78, 5) is 14.8. The summed E-state index contributed by atoms with van der Waals surface area (Å²) in [6.07, 6.45) is 0. The topological polar surface area (TPSA) is 23.6 Å². The van der Waals surface area contributed by atoms with Gasteiger partial charge in [-0.1, -0.05) is 20.4 Å². The summed E-state index contributed by atoms with van der Waals surface area (Å²) in [5, 5.41) is 0.559. The number of likely N-dealkylation sites (N-methyl/N-ethyl adjacent to an activating group) is 1. The minimum absolute atomic E-state index is 0.0683. The molecule has 1 rings (SSSR count). The first-order chi connectivity index (χ1) is 5.95. The van der Waals surface area contributed by atoms with E-state index in [-0.39, 0.29) is 5.91 Å². The van der Waals surface area contributed by atoms with E-state index in [0.717, 1.165) is 0 Å². The first-order valence-electron chi connectivity index (χ1n) is 4.23. The molecule has 13 heavy (non-hydrogen) atoms. The molecule has 1 heterocycles. The Morgan fingerprint density at radius 2 is 2.08 bits per heavy atom. The summed E-state index contributed by atoms with van der Waals surface area (Å²) in [6.45, 7) is 8.44. The Morgan fingerprint density at radius 3 is 2.38 bits per heavy atom. The van der Waals surface area contributed by atoms with Crippen molar-refractivity contribution in [1.82, 2.24) is 9.80 Å². The molecule has 1 saturated heterocycles. The average molecular weight is 198 g/mol. The molecular formula is C9H14N2OS. The van der Waals surface area contributed by atoms with Gasteiger partial charge in [-0.15, -0.1) is 0 Å². The second kappa shape index (κ2) is 3.46. The smallest absolute Gasteiger partial charge is 0.276 e. The molecule has 1 fully saturated rings. The normalized spacial score (nSPS) is 18.0. The van der Waals surface area contributed by atoms with E-state index in [4.69, 9.17) is 12.2 Å². The molecule has 0 aromatic carbocycles. The van der Waals surface area contributed by atoms with E-state index in [0.29, 0.717) is 23.3 Å². The van der Waals surface area contributed by atoms with Gasteiger partial charge in [0.05, 0.1) is 0 Å². The zero-order chi connectivity index (χ0) is 10.2. The highest BCUT2D eigenvalue weighted by Gasteiger charge is 2.34. The van der Waals surface area contributed by atoms with Crippen LogP contribution in [-0.2, 0) is 4.79 Å². The van der Waals surface area contributed by atoms with Gasteiger partial charge in [-0.05, 0) is 18.1 Å². The van der Waals surface area contributed by atoms with E-state index in [1.165, 1.54) is 0 Å². The fourth-order valence-electron chi connectivity index (χ4n) is 1.21. The number of carbonyl (C=O) groups excluding carboxylic acids is 1. The van der Waals surface area contributed by atoms with Gasteiger partial charge in [-0.25, -0.2) is 0 Å². The molecule has 1 aliphatic heterocycles. The second-order valence-corrected chi connectivity index (χ2v) is 3.96. The Labute approximate surface area is 84.0 Å².